The smallest absolute Gasteiger partial charge is 0 e. The van der Waals surface area contributed by atoms with E-state index in [-0.39, 0.29) is 17.4 Å². The maximum atomic E-state index is 7.50. The van der Waals surface area contributed by atoms with Crippen LogP contribution in [0.15, 0.2) is 0 Å². The Kier molecular flexibility index (Phi) is 27.9. The first-order chi connectivity index (χ1) is 10.0. The van der Waals surface area contributed by atoms with Crippen molar-refractivity contribution < 1.29 is 31.3 Å². The molecule has 1 fully saturated rings. The molecule has 1 atom stereocenters. The van der Waals surface area contributed by atoms with Gasteiger partial charge in [-0.25, -0.2) is 0 Å². The van der Waals surface area contributed by atoms with Crippen LogP contribution in [0.4, 0.5) is 0 Å². The number of nitrogens with zero attached hydrogens (tertiary/aromatic N) is 1. The molecular weight excluding hydrogens is 320 g/mol. The Hall–Kier alpha value is -0.328. The van der Waals surface area contributed by atoms with Gasteiger partial charge in [0.1, 0.15) is 0 Å². The van der Waals surface area contributed by atoms with Gasteiger partial charge in [0.15, 0.2) is 0 Å². The monoisotopic (exact) mass is 342 g/mol. The van der Waals surface area contributed by atoms with Gasteiger partial charge in [0.2, 0.25) is 0 Å². The average Bonchev–Trinajstić information content (AvgIpc) is 2.52. The minimum absolute atomic E-state index is 0. The predicted octanol–water partition coefficient (Wildman–Crippen LogP) is 1.76. The van der Waals surface area contributed by atoms with Crippen molar-refractivity contribution in [2.75, 3.05) is 14.1 Å². The standard InChI is InChI=1S/C13H22N2.3CO.Cr/c1-10(2)14-13-9-7-6-8-12(13)11(3)15(4)5;3*1-2;/h6-11,14H,1-5H3;;;;/t11-;;;;/m1..../s1. The third-order valence-corrected chi connectivity index (χ3v) is 2.63. The van der Waals surface area contributed by atoms with Crippen LogP contribution in [0.25, 0.3) is 0 Å². The van der Waals surface area contributed by atoms with E-state index in [1.165, 1.54) is 12.0 Å². The average molecular weight is 342 g/mol. The Morgan fingerprint density at radius 2 is 1.32 bits per heavy atom. The number of hydrogen-bond acceptors (Lipinski definition) is 2. The first-order valence-corrected chi connectivity index (χ1v) is 6.15. The fourth-order valence-electron chi connectivity index (χ4n) is 1.58. The van der Waals surface area contributed by atoms with Gasteiger partial charge in [-0.3, -0.25) is 0 Å². The Balaban J connectivity index is -0.000000206. The minimum atomic E-state index is 0. The van der Waals surface area contributed by atoms with Crippen LogP contribution in [-0.4, -0.2) is 31.1 Å². The quantitative estimate of drug-likeness (QED) is 0.624. The molecule has 120 valence electrons. The van der Waals surface area contributed by atoms with Crippen LogP contribution in [0.5, 0.6) is 0 Å². The molecule has 0 aromatic carbocycles. The summed E-state index contributed by atoms with van der Waals surface area (Å²) >= 11 is 0. The van der Waals surface area contributed by atoms with Gasteiger partial charge < -0.3 is 10.2 Å². The first-order valence-electron chi connectivity index (χ1n) is 6.15. The van der Waals surface area contributed by atoms with Crippen LogP contribution in [0.2, 0.25) is 0 Å². The van der Waals surface area contributed by atoms with Crippen LogP contribution in [0, 0.1) is 57.6 Å². The van der Waals surface area contributed by atoms with Gasteiger partial charge in [-0.2, -0.15) is 0 Å². The van der Waals surface area contributed by atoms with Crippen LogP contribution >= 0.6 is 0 Å². The van der Waals surface area contributed by atoms with Crippen molar-refractivity contribution in [3.63, 3.8) is 0 Å². The zero-order valence-corrected chi connectivity index (χ0v) is 14.8. The normalized spacial score (nSPS) is 15.7. The third-order valence-electron chi connectivity index (χ3n) is 2.63. The summed E-state index contributed by atoms with van der Waals surface area (Å²) in [4.78, 5) is 2.22. The summed E-state index contributed by atoms with van der Waals surface area (Å²) < 4.78 is 22.5. The van der Waals surface area contributed by atoms with Gasteiger partial charge in [0.25, 0.3) is 0 Å². The molecule has 6 heteroatoms. The summed E-state index contributed by atoms with van der Waals surface area (Å²) in [5, 5.41) is 3.48. The Labute approximate surface area is 146 Å². The maximum absolute atomic E-state index is 7.50. The van der Waals surface area contributed by atoms with E-state index in [4.69, 9.17) is 14.0 Å². The summed E-state index contributed by atoms with van der Waals surface area (Å²) in [6.07, 6.45) is 8.52. The van der Waals surface area contributed by atoms with Gasteiger partial charge in [0, 0.05) is 41.4 Å². The second-order valence-corrected chi connectivity index (χ2v) is 4.53. The molecule has 1 saturated carbocycles. The number of nitrogens with one attached hydrogen (secondary N) is 1. The van der Waals surface area contributed by atoms with E-state index >= 15 is 0 Å². The fraction of sp³-hybridized carbons (Fsp3) is 0.438. The molecular formula is C16H22CrN2O3. The van der Waals surface area contributed by atoms with Crippen LogP contribution in [0.3, 0.4) is 0 Å². The van der Waals surface area contributed by atoms with E-state index in [0.29, 0.717) is 12.1 Å². The van der Waals surface area contributed by atoms with Crippen molar-refractivity contribution in [3.05, 3.63) is 57.6 Å². The largest absolute Gasteiger partial charge is 0 e. The number of rotatable bonds is 4. The molecule has 0 spiro atoms. The van der Waals surface area contributed by atoms with Crippen molar-refractivity contribution in [2.45, 2.75) is 32.9 Å². The van der Waals surface area contributed by atoms with E-state index in [1.54, 1.807) is 0 Å². The predicted molar refractivity (Wildman–Crippen MR) is 76.9 cm³/mol. The van der Waals surface area contributed by atoms with E-state index in [0.717, 1.165) is 0 Å². The molecule has 1 aliphatic carbocycles. The molecule has 22 heavy (non-hydrogen) atoms. The Bertz CT molecular complexity index is 277. The topological polar surface area (TPSA) is 75.0 Å². The molecule has 6 radical (unpaired) electrons. The minimum Gasteiger partial charge on any atom is 0 e. The summed E-state index contributed by atoms with van der Waals surface area (Å²) in [6.45, 7) is 20.1. The molecule has 0 heterocycles. The molecule has 0 bridgehead atoms. The molecule has 1 aliphatic rings. The molecule has 1 rings (SSSR count). The van der Waals surface area contributed by atoms with Crippen molar-refractivity contribution in [1.82, 2.24) is 10.2 Å². The Morgan fingerprint density at radius 1 is 0.909 bits per heavy atom. The van der Waals surface area contributed by atoms with Crippen molar-refractivity contribution in [3.8, 4) is 0 Å². The number of hydrogen-bond donors (Lipinski definition) is 1. The second-order valence-electron chi connectivity index (χ2n) is 4.53. The molecule has 5 nitrogen and oxygen atoms in total. The SMILES string of the molecule is CC(C)N[C]1[CH][CH][CH][CH][C]1[C@@H](C)N(C)C.[C-]#[O+].[C-]#[O+].[C-]#[O+].[Cr]. The van der Waals surface area contributed by atoms with E-state index in [9.17, 15) is 0 Å². The van der Waals surface area contributed by atoms with Crippen molar-refractivity contribution in [2.24, 2.45) is 0 Å². The second kappa shape index (κ2) is 20.7. The van der Waals surface area contributed by atoms with Gasteiger partial charge in [-0.15, -0.1) is 0 Å². The fourth-order valence-corrected chi connectivity index (χ4v) is 1.58. The summed E-state index contributed by atoms with van der Waals surface area (Å²) in [5.74, 6) is 1.36. The van der Waals surface area contributed by atoms with Gasteiger partial charge in [0.05, 0.1) is 0 Å². The molecule has 0 unspecified atom stereocenters. The summed E-state index contributed by atoms with van der Waals surface area (Å²) in [6, 6.07) is 2.15. The van der Waals surface area contributed by atoms with E-state index < -0.39 is 0 Å². The molecule has 0 saturated heterocycles. The molecule has 0 aromatic heterocycles. The van der Waals surface area contributed by atoms with Crippen LogP contribution in [0.1, 0.15) is 20.8 Å². The van der Waals surface area contributed by atoms with E-state index in [2.05, 4.69) is 90.7 Å². The van der Waals surface area contributed by atoms with Crippen molar-refractivity contribution in [1.29, 1.82) is 0 Å². The summed E-state index contributed by atoms with van der Waals surface area (Å²) in [7, 11) is 4.22. The molecule has 0 amide bonds. The zero-order chi connectivity index (χ0) is 17.4. The van der Waals surface area contributed by atoms with Crippen molar-refractivity contribution >= 4 is 0 Å². The molecule has 1 N–H and O–H groups in total. The van der Waals surface area contributed by atoms with Gasteiger partial charge >= 0.3 is 33.9 Å². The molecule has 0 aliphatic heterocycles. The Morgan fingerprint density at radius 3 is 1.68 bits per heavy atom. The van der Waals surface area contributed by atoms with Crippen LogP contribution < -0.4 is 5.32 Å². The first kappa shape index (κ1) is 29.7. The third kappa shape index (κ3) is 13.3. The van der Waals surface area contributed by atoms with Gasteiger partial charge in [-0.1, -0.05) is 13.8 Å². The zero-order valence-electron chi connectivity index (χ0n) is 13.5. The molecule has 0 aromatic rings. The van der Waals surface area contributed by atoms with Crippen LogP contribution in [-0.2, 0) is 31.3 Å². The summed E-state index contributed by atoms with van der Waals surface area (Å²) in [5.41, 5.74) is 0. The maximum Gasteiger partial charge on any atom is 0 e. The van der Waals surface area contributed by atoms with E-state index in [1.807, 2.05) is 0 Å². The van der Waals surface area contributed by atoms with Gasteiger partial charge in [-0.05, 0) is 46.7 Å².